The molecule has 2 rings (SSSR count). The minimum Gasteiger partial charge on any atom is -0.355 e. The van der Waals surface area contributed by atoms with Crippen LogP contribution in [0, 0.1) is 5.92 Å². The normalized spacial score (nSPS) is 18.7. The van der Waals surface area contributed by atoms with Crippen molar-refractivity contribution in [3.8, 4) is 0 Å². The standard InChI is InChI=1S/C15H21N3O2/c1-11(19)18-5-3-4-12(10-18)6-13-7-14(9-17-8-13)15(20)16-2/h7-9,12H,3-6,10H2,1-2H3,(H,16,20)/t12-/m1/s1. The van der Waals surface area contributed by atoms with Crippen molar-refractivity contribution in [2.24, 2.45) is 5.92 Å². The van der Waals surface area contributed by atoms with Crippen LogP contribution in [0.15, 0.2) is 18.5 Å². The molecule has 1 aromatic rings. The van der Waals surface area contributed by atoms with E-state index >= 15 is 0 Å². The Labute approximate surface area is 119 Å². The molecule has 1 fully saturated rings. The van der Waals surface area contributed by atoms with Crippen molar-refractivity contribution >= 4 is 11.8 Å². The minimum atomic E-state index is -0.117. The lowest BCUT2D eigenvalue weighted by Gasteiger charge is -2.32. The van der Waals surface area contributed by atoms with Gasteiger partial charge in [0.1, 0.15) is 0 Å². The maximum Gasteiger partial charge on any atom is 0.252 e. The predicted molar refractivity (Wildman–Crippen MR) is 76.3 cm³/mol. The lowest BCUT2D eigenvalue weighted by Crippen LogP contribution is -2.39. The van der Waals surface area contributed by atoms with Gasteiger partial charge in [0.25, 0.3) is 5.91 Å². The van der Waals surface area contributed by atoms with Crippen LogP contribution in [-0.4, -0.2) is 41.8 Å². The van der Waals surface area contributed by atoms with E-state index in [1.165, 1.54) is 0 Å². The Morgan fingerprint density at radius 2 is 2.25 bits per heavy atom. The molecule has 0 aromatic carbocycles. The van der Waals surface area contributed by atoms with E-state index in [1.807, 2.05) is 11.0 Å². The van der Waals surface area contributed by atoms with E-state index in [0.717, 1.165) is 37.9 Å². The number of nitrogens with zero attached hydrogens (tertiary/aromatic N) is 2. The smallest absolute Gasteiger partial charge is 0.252 e. The molecule has 0 unspecified atom stereocenters. The second-order valence-corrected chi connectivity index (χ2v) is 5.34. The fraction of sp³-hybridized carbons (Fsp3) is 0.533. The molecule has 5 nitrogen and oxygen atoms in total. The predicted octanol–water partition coefficient (Wildman–Crippen LogP) is 1.24. The largest absolute Gasteiger partial charge is 0.355 e. The summed E-state index contributed by atoms with van der Waals surface area (Å²) in [4.78, 5) is 29.1. The van der Waals surface area contributed by atoms with E-state index < -0.39 is 0 Å². The molecule has 2 heterocycles. The summed E-state index contributed by atoms with van der Waals surface area (Å²) in [5, 5.41) is 2.60. The Bertz CT molecular complexity index is 502. The number of piperidine rings is 1. The number of hydrogen-bond acceptors (Lipinski definition) is 3. The molecule has 0 saturated carbocycles. The topological polar surface area (TPSA) is 62.3 Å². The third kappa shape index (κ3) is 3.56. The van der Waals surface area contributed by atoms with Crippen LogP contribution in [0.25, 0.3) is 0 Å². The Hall–Kier alpha value is -1.91. The van der Waals surface area contributed by atoms with E-state index in [2.05, 4.69) is 10.3 Å². The van der Waals surface area contributed by atoms with Gasteiger partial charge >= 0.3 is 0 Å². The Morgan fingerprint density at radius 1 is 1.45 bits per heavy atom. The average Bonchev–Trinajstić information content (AvgIpc) is 2.47. The van der Waals surface area contributed by atoms with Gasteiger partial charge in [0.2, 0.25) is 5.91 Å². The summed E-state index contributed by atoms with van der Waals surface area (Å²) >= 11 is 0. The first-order valence-electron chi connectivity index (χ1n) is 7.01. The van der Waals surface area contributed by atoms with Crippen molar-refractivity contribution < 1.29 is 9.59 Å². The van der Waals surface area contributed by atoms with Gasteiger partial charge in [-0.25, -0.2) is 0 Å². The zero-order valence-corrected chi connectivity index (χ0v) is 12.1. The quantitative estimate of drug-likeness (QED) is 0.903. The lowest BCUT2D eigenvalue weighted by molar-refractivity contribution is -0.130. The van der Waals surface area contributed by atoms with Crippen LogP contribution in [0.5, 0.6) is 0 Å². The van der Waals surface area contributed by atoms with Gasteiger partial charge in [-0.3, -0.25) is 14.6 Å². The SMILES string of the molecule is CNC(=O)c1cncc(C[C@H]2CCCN(C(C)=O)C2)c1. The van der Waals surface area contributed by atoms with Crippen LogP contribution in [0.2, 0.25) is 0 Å². The molecule has 108 valence electrons. The van der Waals surface area contributed by atoms with Crippen LogP contribution in [-0.2, 0) is 11.2 Å². The fourth-order valence-corrected chi connectivity index (χ4v) is 2.72. The van der Waals surface area contributed by atoms with Gasteiger partial charge in [0, 0.05) is 39.5 Å². The fourth-order valence-electron chi connectivity index (χ4n) is 2.72. The van der Waals surface area contributed by atoms with E-state index in [0.29, 0.717) is 11.5 Å². The van der Waals surface area contributed by atoms with Gasteiger partial charge in [-0.1, -0.05) is 0 Å². The molecule has 0 aliphatic carbocycles. The number of carbonyl (C=O) groups is 2. The molecule has 1 atom stereocenters. The van der Waals surface area contributed by atoms with Gasteiger partial charge in [-0.15, -0.1) is 0 Å². The number of carbonyl (C=O) groups excluding carboxylic acids is 2. The third-order valence-corrected chi connectivity index (χ3v) is 3.77. The van der Waals surface area contributed by atoms with Crippen molar-refractivity contribution in [3.05, 3.63) is 29.6 Å². The number of pyridine rings is 1. The van der Waals surface area contributed by atoms with Crippen molar-refractivity contribution in [1.29, 1.82) is 0 Å². The van der Waals surface area contributed by atoms with Crippen molar-refractivity contribution in [3.63, 3.8) is 0 Å². The van der Waals surface area contributed by atoms with E-state index in [4.69, 9.17) is 0 Å². The molecule has 0 spiro atoms. The first kappa shape index (κ1) is 14.5. The molecular weight excluding hydrogens is 254 g/mol. The summed E-state index contributed by atoms with van der Waals surface area (Å²) < 4.78 is 0. The van der Waals surface area contributed by atoms with E-state index in [9.17, 15) is 9.59 Å². The van der Waals surface area contributed by atoms with Gasteiger partial charge in [0.05, 0.1) is 5.56 Å². The minimum absolute atomic E-state index is 0.117. The zero-order chi connectivity index (χ0) is 14.5. The highest BCUT2D eigenvalue weighted by Gasteiger charge is 2.22. The Morgan fingerprint density at radius 3 is 2.95 bits per heavy atom. The molecule has 1 aliphatic rings. The summed E-state index contributed by atoms with van der Waals surface area (Å²) in [7, 11) is 1.61. The molecule has 1 aliphatic heterocycles. The Balaban J connectivity index is 2.02. The van der Waals surface area contributed by atoms with Crippen LogP contribution < -0.4 is 5.32 Å². The summed E-state index contributed by atoms with van der Waals surface area (Å²) in [6, 6.07) is 1.89. The molecule has 1 aromatic heterocycles. The van der Waals surface area contributed by atoms with Crippen LogP contribution in [0.3, 0.4) is 0 Å². The molecule has 0 radical (unpaired) electrons. The van der Waals surface area contributed by atoms with Crippen LogP contribution in [0.4, 0.5) is 0 Å². The maximum atomic E-state index is 11.6. The van der Waals surface area contributed by atoms with Gasteiger partial charge < -0.3 is 10.2 Å². The summed E-state index contributed by atoms with van der Waals surface area (Å²) in [5.74, 6) is 0.481. The molecule has 20 heavy (non-hydrogen) atoms. The number of rotatable bonds is 3. The molecule has 1 N–H and O–H groups in total. The first-order valence-corrected chi connectivity index (χ1v) is 7.01. The molecule has 1 saturated heterocycles. The number of nitrogens with one attached hydrogen (secondary N) is 1. The van der Waals surface area contributed by atoms with Gasteiger partial charge in [0.15, 0.2) is 0 Å². The van der Waals surface area contributed by atoms with Crippen LogP contribution >= 0.6 is 0 Å². The van der Waals surface area contributed by atoms with Crippen molar-refractivity contribution in [2.75, 3.05) is 20.1 Å². The van der Waals surface area contributed by atoms with Crippen LogP contribution in [0.1, 0.15) is 35.7 Å². The van der Waals surface area contributed by atoms with E-state index in [1.54, 1.807) is 26.4 Å². The number of aromatic nitrogens is 1. The highest BCUT2D eigenvalue weighted by Crippen LogP contribution is 2.21. The summed E-state index contributed by atoms with van der Waals surface area (Å²) in [6.45, 7) is 3.29. The third-order valence-electron chi connectivity index (χ3n) is 3.77. The molecule has 2 amide bonds. The second-order valence-electron chi connectivity index (χ2n) is 5.34. The van der Waals surface area contributed by atoms with Gasteiger partial charge in [-0.2, -0.15) is 0 Å². The van der Waals surface area contributed by atoms with Crippen molar-refractivity contribution in [2.45, 2.75) is 26.2 Å². The number of likely N-dealkylation sites (tertiary alicyclic amines) is 1. The summed E-state index contributed by atoms with van der Waals surface area (Å²) in [5.41, 5.74) is 1.64. The zero-order valence-electron chi connectivity index (χ0n) is 12.1. The first-order chi connectivity index (χ1) is 9.60. The summed E-state index contributed by atoms with van der Waals surface area (Å²) in [6.07, 6.45) is 6.41. The molecular formula is C15H21N3O2. The lowest BCUT2D eigenvalue weighted by atomic mass is 9.91. The monoisotopic (exact) mass is 275 g/mol. The highest BCUT2D eigenvalue weighted by molar-refractivity contribution is 5.93. The van der Waals surface area contributed by atoms with Gasteiger partial charge in [-0.05, 0) is 36.8 Å². The van der Waals surface area contributed by atoms with Crippen molar-refractivity contribution in [1.82, 2.24) is 15.2 Å². The Kier molecular flexibility index (Phi) is 4.71. The molecule has 5 heteroatoms. The average molecular weight is 275 g/mol. The number of hydrogen-bond donors (Lipinski definition) is 1. The molecule has 0 bridgehead atoms. The highest BCUT2D eigenvalue weighted by atomic mass is 16.2. The number of amides is 2. The van der Waals surface area contributed by atoms with E-state index in [-0.39, 0.29) is 11.8 Å². The maximum absolute atomic E-state index is 11.6. The second kappa shape index (κ2) is 6.50.